The molecule has 19 heavy (non-hydrogen) atoms. The normalized spacial score (nSPS) is 20.8. The summed E-state index contributed by atoms with van der Waals surface area (Å²) in [4.78, 5) is 2.33. The molecule has 0 radical (unpaired) electrons. The van der Waals surface area contributed by atoms with Gasteiger partial charge in [0, 0.05) is 31.5 Å². The zero-order valence-corrected chi connectivity index (χ0v) is 11.0. The third-order valence-electron chi connectivity index (χ3n) is 3.23. The number of nitrogens with zero attached hydrogens (tertiary/aromatic N) is 4. The Bertz CT molecular complexity index is 508. The van der Waals surface area contributed by atoms with Gasteiger partial charge in [-0.3, -0.25) is 9.58 Å². The lowest BCUT2D eigenvalue weighted by atomic mass is 10.2. The molecular weight excluding hydrogens is 244 g/mol. The van der Waals surface area contributed by atoms with Crippen molar-refractivity contribution in [3.8, 4) is 0 Å². The number of hydrogen-bond donors (Lipinski definition) is 0. The average molecular weight is 262 g/mol. The summed E-state index contributed by atoms with van der Waals surface area (Å²) in [5.41, 5.74) is 0.927. The van der Waals surface area contributed by atoms with Gasteiger partial charge in [-0.05, 0) is 13.0 Å². The quantitative estimate of drug-likeness (QED) is 0.825. The van der Waals surface area contributed by atoms with Crippen molar-refractivity contribution < 1.29 is 9.26 Å². The molecular formula is C13H18N4O2. The van der Waals surface area contributed by atoms with Gasteiger partial charge in [-0.25, -0.2) is 0 Å². The smallest absolute Gasteiger partial charge is 0.150 e. The van der Waals surface area contributed by atoms with Crippen molar-refractivity contribution in [2.75, 3.05) is 19.7 Å². The fraction of sp³-hybridized carbons (Fsp3) is 0.538. The third kappa shape index (κ3) is 3.21. The van der Waals surface area contributed by atoms with Crippen LogP contribution < -0.4 is 0 Å². The molecule has 3 rings (SSSR count). The number of aryl methyl sites for hydroxylation is 1. The van der Waals surface area contributed by atoms with Crippen LogP contribution in [0, 0.1) is 6.92 Å². The van der Waals surface area contributed by atoms with E-state index in [1.807, 2.05) is 29.9 Å². The van der Waals surface area contributed by atoms with Crippen LogP contribution in [0.25, 0.3) is 0 Å². The Kier molecular flexibility index (Phi) is 3.61. The first kappa shape index (κ1) is 12.4. The minimum Gasteiger partial charge on any atom is -0.374 e. The molecule has 0 saturated carbocycles. The fourth-order valence-corrected chi connectivity index (χ4v) is 2.36. The van der Waals surface area contributed by atoms with Crippen molar-refractivity contribution in [2.45, 2.75) is 26.1 Å². The largest absolute Gasteiger partial charge is 0.374 e. The van der Waals surface area contributed by atoms with Crippen LogP contribution in [0.4, 0.5) is 0 Å². The molecule has 6 heteroatoms. The second kappa shape index (κ2) is 5.54. The zero-order chi connectivity index (χ0) is 13.1. The molecule has 0 aliphatic carbocycles. The predicted molar refractivity (Wildman–Crippen MR) is 68.5 cm³/mol. The van der Waals surface area contributed by atoms with E-state index in [1.165, 1.54) is 0 Å². The van der Waals surface area contributed by atoms with Crippen molar-refractivity contribution >= 4 is 0 Å². The molecule has 2 aromatic heterocycles. The van der Waals surface area contributed by atoms with Crippen molar-refractivity contribution in [1.82, 2.24) is 19.8 Å². The second-order valence-electron chi connectivity index (χ2n) is 4.89. The van der Waals surface area contributed by atoms with Crippen LogP contribution in [0.2, 0.25) is 0 Å². The number of hydrogen-bond acceptors (Lipinski definition) is 5. The Labute approximate surface area is 111 Å². The molecule has 3 heterocycles. The monoisotopic (exact) mass is 262 g/mol. The summed E-state index contributed by atoms with van der Waals surface area (Å²) >= 11 is 0. The van der Waals surface area contributed by atoms with Crippen molar-refractivity contribution in [1.29, 1.82) is 0 Å². The van der Waals surface area contributed by atoms with Gasteiger partial charge in [-0.1, -0.05) is 5.16 Å². The molecule has 1 atom stereocenters. The van der Waals surface area contributed by atoms with E-state index in [0.717, 1.165) is 44.2 Å². The molecule has 0 aromatic carbocycles. The van der Waals surface area contributed by atoms with Gasteiger partial charge >= 0.3 is 0 Å². The van der Waals surface area contributed by atoms with Crippen LogP contribution in [0.5, 0.6) is 0 Å². The van der Waals surface area contributed by atoms with E-state index in [9.17, 15) is 0 Å². The molecule has 1 aliphatic heterocycles. The van der Waals surface area contributed by atoms with Crippen LogP contribution in [0.15, 0.2) is 29.0 Å². The highest BCUT2D eigenvalue weighted by molar-refractivity contribution is 5.03. The average Bonchev–Trinajstić information content (AvgIpc) is 3.02. The SMILES string of the molecule is Cc1cc(CN2CCOC(Cn3cccn3)C2)on1. The second-order valence-corrected chi connectivity index (χ2v) is 4.89. The van der Waals surface area contributed by atoms with Gasteiger partial charge in [0.25, 0.3) is 0 Å². The van der Waals surface area contributed by atoms with Gasteiger partial charge in [-0.15, -0.1) is 0 Å². The highest BCUT2D eigenvalue weighted by Gasteiger charge is 2.22. The maximum Gasteiger partial charge on any atom is 0.150 e. The van der Waals surface area contributed by atoms with Gasteiger partial charge < -0.3 is 9.26 Å². The van der Waals surface area contributed by atoms with Gasteiger partial charge in [0.15, 0.2) is 5.76 Å². The minimum absolute atomic E-state index is 0.178. The summed E-state index contributed by atoms with van der Waals surface area (Å²) in [6.45, 7) is 6.08. The molecule has 0 amide bonds. The first-order chi connectivity index (χ1) is 9.29. The molecule has 0 bridgehead atoms. The minimum atomic E-state index is 0.178. The summed E-state index contributed by atoms with van der Waals surface area (Å²) < 4.78 is 12.9. The topological polar surface area (TPSA) is 56.3 Å². The molecule has 6 nitrogen and oxygen atoms in total. The van der Waals surface area contributed by atoms with Crippen LogP contribution in [-0.4, -0.2) is 45.6 Å². The summed E-state index contributed by atoms with van der Waals surface area (Å²) in [6.07, 6.45) is 3.93. The Hall–Kier alpha value is -1.66. The standard InChI is InChI=1S/C13H18N4O2/c1-11-7-12(19-15-11)8-16-5-6-18-13(9-16)10-17-4-2-3-14-17/h2-4,7,13H,5-6,8-10H2,1H3. The maximum atomic E-state index is 5.78. The number of morpholine rings is 1. The third-order valence-corrected chi connectivity index (χ3v) is 3.23. The molecule has 0 N–H and O–H groups in total. The van der Waals surface area contributed by atoms with Gasteiger partial charge in [0.1, 0.15) is 0 Å². The maximum absolute atomic E-state index is 5.78. The van der Waals surface area contributed by atoms with E-state index in [-0.39, 0.29) is 6.10 Å². The van der Waals surface area contributed by atoms with E-state index in [2.05, 4.69) is 15.2 Å². The molecule has 1 aliphatic rings. The molecule has 102 valence electrons. The van der Waals surface area contributed by atoms with Crippen molar-refractivity contribution in [3.63, 3.8) is 0 Å². The van der Waals surface area contributed by atoms with Gasteiger partial charge in [0.2, 0.25) is 0 Å². The fourth-order valence-electron chi connectivity index (χ4n) is 2.36. The summed E-state index contributed by atoms with van der Waals surface area (Å²) in [7, 11) is 0. The van der Waals surface area contributed by atoms with Crippen molar-refractivity contribution in [3.05, 3.63) is 36.0 Å². The van der Waals surface area contributed by atoms with Crippen LogP contribution in [0.1, 0.15) is 11.5 Å². The van der Waals surface area contributed by atoms with Crippen LogP contribution in [-0.2, 0) is 17.8 Å². The predicted octanol–water partition coefficient (Wildman–Crippen LogP) is 1.08. The zero-order valence-electron chi connectivity index (χ0n) is 11.0. The van der Waals surface area contributed by atoms with E-state index >= 15 is 0 Å². The Morgan fingerprint density at radius 3 is 3.16 bits per heavy atom. The molecule has 2 aromatic rings. The molecule has 1 saturated heterocycles. The summed E-state index contributed by atoms with van der Waals surface area (Å²) in [5.74, 6) is 0.914. The lowest BCUT2D eigenvalue weighted by molar-refractivity contribution is -0.0422. The lowest BCUT2D eigenvalue weighted by Gasteiger charge is -2.32. The van der Waals surface area contributed by atoms with Gasteiger partial charge in [0.05, 0.1) is 31.5 Å². The van der Waals surface area contributed by atoms with Crippen molar-refractivity contribution in [2.24, 2.45) is 0 Å². The summed E-state index contributed by atoms with van der Waals surface area (Å²) in [5, 5.41) is 8.13. The highest BCUT2D eigenvalue weighted by atomic mass is 16.5. The van der Waals surface area contributed by atoms with E-state index in [0.29, 0.717) is 0 Å². The Morgan fingerprint density at radius 1 is 1.47 bits per heavy atom. The first-order valence-corrected chi connectivity index (χ1v) is 6.53. The van der Waals surface area contributed by atoms with E-state index in [4.69, 9.17) is 9.26 Å². The van der Waals surface area contributed by atoms with Crippen LogP contribution in [0.3, 0.4) is 0 Å². The lowest BCUT2D eigenvalue weighted by Crippen LogP contribution is -2.43. The summed E-state index contributed by atoms with van der Waals surface area (Å²) in [6, 6.07) is 3.91. The Balaban J connectivity index is 1.55. The highest BCUT2D eigenvalue weighted by Crippen LogP contribution is 2.12. The molecule has 1 fully saturated rings. The van der Waals surface area contributed by atoms with E-state index < -0.39 is 0 Å². The number of aromatic nitrogens is 3. The van der Waals surface area contributed by atoms with E-state index in [1.54, 1.807) is 6.20 Å². The number of rotatable bonds is 4. The molecule has 0 spiro atoms. The molecule has 1 unspecified atom stereocenters. The first-order valence-electron chi connectivity index (χ1n) is 6.53. The Morgan fingerprint density at radius 2 is 2.42 bits per heavy atom. The van der Waals surface area contributed by atoms with Crippen LogP contribution >= 0.6 is 0 Å². The van der Waals surface area contributed by atoms with Gasteiger partial charge in [-0.2, -0.15) is 5.10 Å². The number of ether oxygens (including phenoxy) is 1.